The smallest absolute Gasteiger partial charge is 0.325 e. The highest BCUT2D eigenvalue weighted by atomic mass is 32.2. The Bertz CT molecular complexity index is 900. The van der Waals surface area contributed by atoms with E-state index < -0.39 is 23.9 Å². The van der Waals surface area contributed by atoms with Crippen molar-refractivity contribution in [3.8, 4) is 0 Å². The molecule has 0 saturated heterocycles. The van der Waals surface area contributed by atoms with Gasteiger partial charge in [0.1, 0.15) is 6.67 Å². The van der Waals surface area contributed by atoms with Crippen molar-refractivity contribution in [1.29, 1.82) is 0 Å². The summed E-state index contributed by atoms with van der Waals surface area (Å²) in [4.78, 5) is 14.3. The number of anilines is 1. The second-order valence-electron chi connectivity index (χ2n) is 6.24. The Hall–Kier alpha value is -1.88. The van der Waals surface area contributed by atoms with Crippen LogP contribution in [0.25, 0.3) is 0 Å². The number of alkyl halides is 1. The second kappa shape index (κ2) is 10.8. The number of hydrogen-bond donors (Lipinski definition) is 1. The SMILES string of the molecule is C=C/C(=C\C(P)=C(\P)CF)CN1C(=O)N(CC)S(=O)N=C1Nc1ccc(C)cc1. The van der Waals surface area contributed by atoms with E-state index >= 15 is 0 Å². The van der Waals surface area contributed by atoms with Gasteiger partial charge >= 0.3 is 6.03 Å². The number of rotatable bonds is 7. The van der Waals surface area contributed by atoms with Crippen LogP contribution >= 0.6 is 18.5 Å². The number of amides is 2. The molecule has 0 radical (unpaired) electrons. The number of guanidine groups is 1. The lowest BCUT2D eigenvalue weighted by molar-refractivity contribution is 0.205. The number of nitrogens with zero attached hydrogens (tertiary/aromatic N) is 3. The molecule has 1 aliphatic heterocycles. The van der Waals surface area contributed by atoms with Gasteiger partial charge in [-0.15, -0.1) is 22.9 Å². The van der Waals surface area contributed by atoms with Gasteiger partial charge in [0, 0.05) is 12.2 Å². The molecular formula is C19H25FN4O2P2S. The quantitative estimate of drug-likeness (QED) is 0.498. The predicted molar refractivity (Wildman–Crippen MR) is 126 cm³/mol. The van der Waals surface area contributed by atoms with Crippen LogP contribution < -0.4 is 5.32 Å². The molecule has 3 unspecified atom stereocenters. The van der Waals surface area contributed by atoms with E-state index in [9.17, 15) is 13.4 Å². The fourth-order valence-electron chi connectivity index (χ4n) is 2.43. The van der Waals surface area contributed by atoms with Gasteiger partial charge in [-0.05, 0) is 48.3 Å². The van der Waals surface area contributed by atoms with Crippen molar-refractivity contribution < 1.29 is 13.4 Å². The third-order valence-corrected chi connectivity index (χ3v) is 6.59. The molecule has 3 atom stereocenters. The first kappa shape index (κ1) is 23.4. The van der Waals surface area contributed by atoms with Crippen LogP contribution in [0.3, 0.4) is 0 Å². The van der Waals surface area contributed by atoms with E-state index in [-0.39, 0.29) is 19.0 Å². The van der Waals surface area contributed by atoms with Crippen molar-refractivity contribution in [2.45, 2.75) is 13.8 Å². The minimum absolute atomic E-state index is 0.135. The summed E-state index contributed by atoms with van der Waals surface area (Å²) in [6.45, 7) is 7.28. The number of hydrogen-bond acceptors (Lipinski definition) is 3. The minimum Gasteiger partial charge on any atom is -0.325 e. The maximum absolute atomic E-state index is 12.9. The Labute approximate surface area is 178 Å². The summed E-state index contributed by atoms with van der Waals surface area (Å²) < 4.78 is 30.6. The van der Waals surface area contributed by atoms with E-state index in [0.29, 0.717) is 16.2 Å². The number of aryl methyl sites for hydroxylation is 1. The fourth-order valence-corrected chi connectivity index (χ4v) is 3.65. The molecule has 1 aliphatic rings. The average molecular weight is 454 g/mol. The summed E-state index contributed by atoms with van der Waals surface area (Å²) in [7, 11) is 4.82. The number of nitrogens with one attached hydrogen (secondary N) is 1. The van der Waals surface area contributed by atoms with Crippen LogP contribution in [0.1, 0.15) is 12.5 Å². The maximum Gasteiger partial charge on any atom is 0.340 e. The molecule has 2 rings (SSSR count). The highest BCUT2D eigenvalue weighted by molar-refractivity contribution is 7.82. The summed E-state index contributed by atoms with van der Waals surface area (Å²) in [6, 6.07) is 7.11. The summed E-state index contributed by atoms with van der Waals surface area (Å²) in [5, 5.41) is 4.21. The molecule has 6 nitrogen and oxygen atoms in total. The molecule has 29 heavy (non-hydrogen) atoms. The summed E-state index contributed by atoms with van der Waals surface area (Å²) in [6.07, 6.45) is 3.33. The molecule has 2 amide bonds. The van der Waals surface area contributed by atoms with Gasteiger partial charge in [-0.3, -0.25) is 4.90 Å². The lowest BCUT2D eigenvalue weighted by Crippen LogP contribution is -2.53. The highest BCUT2D eigenvalue weighted by Gasteiger charge is 2.33. The number of urea groups is 1. The van der Waals surface area contributed by atoms with Crippen LogP contribution in [-0.4, -0.2) is 45.2 Å². The van der Waals surface area contributed by atoms with Gasteiger partial charge in [0.25, 0.3) is 11.2 Å². The number of carbonyl (C=O) groups is 1. The molecule has 1 heterocycles. The van der Waals surface area contributed by atoms with E-state index in [1.54, 1.807) is 19.1 Å². The lowest BCUT2D eigenvalue weighted by atomic mass is 10.2. The van der Waals surface area contributed by atoms with Crippen molar-refractivity contribution in [3.05, 3.63) is 64.8 Å². The Balaban J connectivity index is 2.39. The average Bonchev–Trinajstić information content (AvgIpc) is 2.71. The van der Waals surface area contributed by atoms with Crippen LogP contribution in [0.2, 0.25) is 0 Å². The maximum atomic E-state index is 12.9. The Kier molecular flexibility index (Phi) is 8.69. The van der Waals surface area contributed by atoms with Crippen LogP contribution in [0, 0.1) is 6.92 Å². The molecule has 1 aromatic rings. The molecule has 1 N–H and O–H groups in total. The van der Waals surface area contributed by atoms with Crippen LogP contribution in [0.5, 0.6) is 0 Å². The number of allylic oxidation sites excluding steroid dienone is 3. The zero-order chi connectivity index (χ0) is 21.6. The monoisotopic (exact) mass is 454 g/mol. The molecule has 0 fully saturated rings. The summed E-state index contributed by atoms with van der Waals surface area (Å²) in [5.74, 6) is 0.181. The number of carbonyl (C=O) groups excluding carboxylic acids is 1. The molecule has 10 heteroatoms. The normalized spacial score (nSPS) is 18.4. The Morgan fingerprint density at radius 3 is 2.55 bits per heavy atom. The van der Waals surface area contributed by atoms with Crippen LogP contribution in [-0.2, 0) is 11.2 Å². The van der Waals surface area contributed by atoms with Crippen molar-refractivity contribution in [2.24, 2.45) is 4.40 Å². The zero-order valence-electron chi connectivity index (χ0n) is 16.4. The Morgan fingerprint density at radius 1 is 1.34 bits per heavy atom. The number of benzene rings is 1. The van der Waals surface area contributed by atoms with Crippen molar-refractivity contribution in [3.63, 3.8) is 0 Å². The van der Waals surface area contributed by atoms with Gasteiger partial charge in [-0.2, -0.15) is 0 Å². The van der Waals surface area contributed by atoms with Gasteiger partial charge in [0.2, 0.25) is 5.96 Å². The highest BCUT2D eigenvalue weighted by Crippen LogP contribution is 2.23. The van der Waals surface area contributed by atoms with Gasteiger partial charge in [-0.1, -0.05) is 30.4 Å². The third-order valence-electron chi connectivity index (χ3n) is 4.11. The van der Waals surface area contributed by atoms with Gasteiger partial charge < -0.3 is 5.32 Å². The zero-order valence-corrected chi connectivity index (χ0v) is 19.5. The molecule has 156 valence electrons. The lowest BCUT2D eigenvalue weighted by Gasteiger charge is -2.33. The second-order valence-corrected chi connectivity index (χ2v) is 8.64. The summed E-state index contributed by atoms with van der Waals surface area (Å²) in [5.41, 5.74) is 2.49. The topological polar surface area (TPSA) is 65.0 Å². The minimum atomic E-state index is -1.82. The van der Waals surface area contributed by atoms with Gasteiger partial charge in [-0.25, -0.2) is 17.7 Å². The molecule has 0 aromatic heterocycles. The van der Waals surface area contributed by atoms with E-state index in [1.807, 2.05) is 31.2 Å². The van der Waals surface area contributed by atoms with E-state index in [1.165, 1.54) is 9.21 Å². The molecule has 1 aromatic carbocycles. The molecule has 0 aliphatic carbocycles. The molecule has 0 bridgehead atoms. The Morgan fingerprint density at radius 2 is 2.00 bits per heavy atom. The molecular weight excluding hydrogens is 429 g/mol. The standard InChI is InChI=1S/C19H25FN4O2P2S/c1-4-14(10-16(27)17(28)11-20)12-23-18(21-15-8-6-13(3)7-9-15)22-29(26)24(5-2)19(23)25/h4,6-10H,1,5,11-12,27-28H2,2-3H3,(H,21,22)/b14-10+,17-16-. The van der Waals surface area contributed by atoms with Crippen molar-refractivity contribution in [2.75, 3.05) is 25.1 Å². The van der Waals surface area contributed by atoms with Crippen LogP contribution in [0.4, 0.5) is 14.9 Å². The van der Waals surface area contributed by atoms with Crippen molar-refractivity contribution >= 4 is 47.3 Å². The summed E-state index contributed by atoms with van der Waals surface area (Å²) >= 11 is -1.82. The first-order valence-corrected chi connectivity index (χ1v) is 11.1. The molecule has 0 spiro atoms. The first-order chi connectivity index (χ1) is 13.8. The number of halogens is 1. The van der Waals surface area contributed by atoms with Crippen molar-refractivity contribution in [1.82, 2.24) is 9.21 Å². The van der Waals surface area contributed by atoms with E-state index in [4.69, 9.17) is 0 Å². The molecule has 0 saturated carbocycles. The van der Waals surface area contributed by atoms with E-state index in [0.717, 1.165) is 11.3 Å². The fraction of sp³-hybridized carbons (Fsp3) is 0.263. The van der Waals surface area contributed by atoms with E-state index in [2.05, 4.69) is 34.8 Å². The van der Waals surface area contributed by atoms with Crippen LogP contribution in [0.15, 0.2) is 63.6 Å². The van der Waals surface area contributed by atoms with Gasteiger partial charge in [0.15, 0.2) is 0 Å². The van der Waals surface area contributed by atoms with Gasteiger partial charge in [0.05, 0.1) is 6.54 Å². The predicted octanol–water partition coefficient (Wildman–Crippen LogP) is 4.14. The third kappa shape index (κ3) is 6.05. The first-order valence-electron chi connectivity index (χ1n) is 8.87. The largest absolute Gasteiger partial charge is 0.340 e.